The van der Waals surface area contributed by atoms with E-state index in [1.807, 2.05) is 0 Å². The van der Waals surface area contributed by atoms with E-state index >= 15 is 0 Å². The summed E-state index contributed by atoms with van der Waals surface area (Å²) in [6, 6.07) is 0. The molecular formula is C37H81O12Si4. The van der Waals surface area contributed by atoms with Crippen molar-refractivity contribution in [2.45, 2.75) is 183 Å². The zero-order valence-corrected chi connectivity index (χ0v) is 39.5. The van der Waals surface area contributed by atoms with Crippen LogP contribution in [0, 0.1) is 0 Å². The minimum Gasteiger partial charge on any atom is -0.351 e. The summed E-state index contributed by atoms with van der Waals surface area (Å²) < 4.78 is 79.8. The van der Waals surface area contributed by atoms with Gasteiger partial charge in [0.2, 0.25) is 5.60 Å². The summed E-state index contributed by atoms with van der Waals surface area (Å²) in [7, 11) is -8.31. The largest absolute Gasteiger partial charge is 0.683 e. The maximum atomic E-state index is 6.95. The van der Waals surface area contributed by atoms with Crippen molar-refractivity contribution < 1.29 is 53.1 Å². The molecule has 0 saturated carbocycles. The number of rotatable bonds is 42. The Kier molecular flexibility index (Phi) is 34.7. The molecule has 0 saturated heterocycles. The van der Waals surface area contributed by atoms with Gasteiger partial charge in [-0.15, -0.1) is 0 Å². The Labute approximate surface area is 332 Å². The van der Waals surface area contributed by atoms with Gasteiger partial charge in [-0.25, -0.2) is 0 Å². The van der Waals surface area contributed by atoms with E-state index in [0.29, 0.717) is 59.5 Å². The highest BCUT2D eigenvalue weighted by molar-refractivity contribution is 6.57. The summed E-state index contributed by atoms with van der Waals surface area (Å²) in [5, 5.41) is 0. The quantitative estimate of drug-likeness (QED) is 0.0332. The van der Waals surface area contributed by atoms with E-state index in [-0.39, 0.29) is 0 Å². The minimum absolute atomic E-state index is 0.356. The van der Waals surface area contributed by atoms with E-state index in [4.69, 9.17) is 53.1 Å². The van der Waals surface area contributed by atoms with Crippen LogP contribution in [0.2, 0.25) is 0 Å². The Hall–Kier alpha value is 0.388. The molecule has 0 rings (SSSR count). The first-order chi connectivity index (χ1) is 25.7. The Morgan fingerprint density at radius 1 is 0.283 bits per heavy atom. The molecule has 0 fully saturated rings. The predicted molar refractivity (Wildman–Crippen MR) is 217 cm³/mol. The van der Waals surface area contributed by atoms with Gasteiger partial charge in [-0.2, -0.15) is 0 Å². The summed E-state index contributed by atoms with van der Waals surface area (Å²) in [5.41, 5.74) is -2.20. The van der Waals surface area contributed by atoms with Crippen LogP contribution in [0.15, 0.2) is 0 Å². The molecule has 0 unspecified atom stereocenters. The van der Waals surface area contributed by atoms with Crippen molar-refractivity contribution in [3.05, 3.63) is 0 Å². The third kappa shape index (κ3) is 25.4. The zero-order chi connectivity index (χ0) is 39.6. The average Bonchev–Trinajstić information content (AvgIpc) is 3.12. The summed E-state index contributed by atoms with van der Waals surface area (Å²) >= 11 is 0. The molecule has 16 heteroatoms. The van der Waals surface area contributed by atoms with Gasteiger partial charge in [0.05, 0.1) is 0 Å². The van der Waals surface area contributed by atoms with Crippen molar-refractivity contribution in [2.24, 2.45) is 0 Å². The lowest BCUT2D eigenvalue weighted by Crippen LogP contribution is -2.67. The van der Waals surface area contributed by atoms with Crippen LogP contribution in [0.25, 0.3) is 0 Å². The fraction of sp³-hybridized carbons (Fsp3) is 1.00. The molecule has 0 amide bonds. The van der Waals surface area contributed by atoms with Gasteiger partial charge < -0.3 is 53.1 Å². The van der Waals surface area contributed by atoms with Gasteiger partial charge in [-0.05, 0) is 57.8 Å². The van der Waals surface area contributed by atoms with Crippen LogP contribution in [0.5, 0.6) is 0 Å². The molecule has 0 N–H and O–H groups in total. The van der Waals surface area contributed by atoms with Crippen LogP contribution in [0.4, 0.5) is 0 Å². The van der Waals surface area contributed by atoms with E-state index in [1.54, 1.807) is 0 Å². The smallest absolute Gasteiger partial charge is 0.351 e. The lowest BCUT2D eigenvalue weighted by atomic mass is 10.4. The van der Waals surface area contributed by atoms with Gasteiger partial charge in [-0.1, -0.05) is 120 Å². The van der Waals surface area contributed by atoms with Gasteiger partial charge >= 0.3 is 27.1 Å². The third-order valence-electron chi connectivity index (χ3n) is 7.77. The molecule has 0 aliphatic carbocycles. The van der Waals surface area contributed by atoms with Crippen molar-refractivity contribution in [3.8, 4) is 0 Å². The van der Waals surface area contributed by atoms with Crippen LogP contribution in [-0.2, 0) is 53.1 Å². The Morgan fingerprint density at radius 2 is 0.415 bits per heavy atom. The van der Waals surface area contributed by atoms with Crippen molar-refractivity contribution in [3.63, 3.8) is 0 Å². The second-order valence-corrected chi connectivity index (χ2v) is 20.0. The number of unbranched alkanes of at least 4 members (excludes halogenated alkanes) is 9. The molecule has 53 heavy (non-hydrogen) atoms. The zero-order valence-electron chi connectivity index (χ0n) is 35.5. The summed E-state index contributed by atoms with van der Waals surface area (Å²) in [4.78, 5) is 0. The van der Waals surface area contributed by atoms with E-state index < -0.39 is 32.7 Å². The molecule has 317 valence electrons. The topological polar surface area (TPSA) is 111 Å². The standard InChI is InChI=1S/C37H81O12Si4/c1-10-19-28-38-51(39-29-20-11-2,40-30-21-12-3)47-37(50,48-52(41-31-22-13-4,42-32-23-14-5)43-33-24-15-6)49-53(44-34-25-16-7,45-35-26-17-8)46-36-27-18-9/h10-36H2,1-9H3. The Bertz CT molecular complexity index is 628. The fourth-order valence-electron chi connectivity index (χ4n) is 4.27. The molecule has 0 aromatic heterocycles. The van der Waals surface area contributed by atoms with Crippen molar-refractivity contribution in [2.75, 3.05) is 59.5 Å². The second kappa shape index (κ2) is 34.4. The maximum absolute atomic E-state index is 6.95. The first-order valence-corrected chi connectivity index (χ1v) is 26.7. The van der Waals surface area contributed by atoms with Crippen molar-refractivity contribution in [1.82, 2.24) is 0 Å². The van der Waals surface area contributed by atoms with Crippen LogP contribution in [0.1, 0.15) is 178 Å². The van der Waals surface area contributed by atoms with Crippen molar-refractivity contribution in [1.29, 1.82) is 0 Å². The maximum Gasteiger partial charge on any atom is 0.683 e. The third-order valence-corrected chi connectivity index (χ3v) is 15.3. The summed E-state index contributed by atoms with van der Waals surface area (Å²) in [6.45, 7) is 22.1. The lowest BCUT2D eigenvalue weighted by molar-refractivity contribution is -0.290. The highest BCUT2D eigenvalue weighted by atomic mass is 28.4. The molecular weight excluding hydrogens is 749 g/mol. The number of hydrogen-bond acceptors (Lipinski definition) is 12. The van der Waals surface area contributed by atoms with Gasteiger partial charge in [0, 0.05) is 59.5 Å². The van der Waals surface area contributed by atoms with Crippen LogP contribution in [-0.4, -0.2) is 102 Å². The van der Waals surface area contributed by atoms with Crippen LogP contribution >= 0.6 is 0 Å². The van der Waals surface area contributed by atoms with Crippen LogP contribution < -0.4 is 0 Å². The summed E-state index contributed by atoms with van der Waals surface area (Å²) in [5.74, 6) is 0. The predicted octanol–water partition coefficient (Wildman–Crippen LogP) is 9.47. The molecule has 12 nitrogen and oxygen atoms in total. The van der Waals surface area contributed by atoms with Crippen molar-refractivity contribution >= 4 is 37.4 Å². The minimum atomic E-state index is -4.06. The average molecular weight is 830 g/mol. The highest BCUT2D eigenvalue weighted by Crippen LogP contribution is 2.33. The molecule has 0 spiro atoms. The molecule has 0 aromatic carbocycles. The first-order valence-electron chi connectivity index (χ1n) is 21.3. The Morgan fingerprint density at radius 3 is 0.528 bits per heavy atom. The van der Waals surface area contributed by atoms with E-state index in [2.05, 4.69) is 72.6 Å². The normalized spacial score (nSPS) is 13.0. The van der Waals surface area contributed by atoms with E-state index in [9.17, 15) is 0 Å². The first kappa shape index (κ1) is 53.4. The van der Waals surface area contributed by atoms with Gasteiger partial charge in [-0.3, -0.25) is 0 Å². The van der Waals surface area contributed by atoms with Gasteiger partial charge in [0.1, 0.15) is 0 Å². The van der Waals surface area contributed by atoms with Gasteiger partial charge in [0.25, 0.3) is 0 Å². The second-order valence-electron chi connectivity index (χ2n) is 13.2. The van der Waals surface area contributed by atoms with Crippen LogP contribution in [0.3, 0.4) is 0 Å². The fourth-order valence-corrected chi connectivity index (χ4v) is 11.7. The molecule has 0 aliphatic rings. The molecule has 3 radical (unpaired) electrons. The highest BCUT2D eigenvalue weighted by Gasteiger charge is 2.63. The van der Waals surface area contributed by atoms with Gasteiger partial charge in [0.15, 0.2) is 10.2 Å². The SMILES string of the molecule is CCCCO[Si](OCCCC)(OCCCC)OC([Si])(O[Si](OCCCC)(OCCCC)OCCCC)O[Si](OCCCC)(OCCCC)OCCCC. The van der Waals surface area contributed by atoms with E-state index in [1.165, 1.54) is 0 Å². The lowest BCUT2D eigenvalue weighted by Gasteiger charge is -2.44. The molecule has 0 bridgehead atoms. The molecule has 0 heterocycles. The van der Waals surface area contributed by atoms with E-state index in [0.717, 1.165) is 116 Å². The number of hydrogen-bond donors (Lipinski definition) is 0. The molecule has 0 aliphatic heterocycles. The molecule has 0 atom stereocenters. The monoisotopic (exact) mass is 829 g/mol. The molecule has 0 aromatic rings. The summed E-state index contributed by atoms with van der Waals surface area (Å²) in [6.07, 6.45) is 15.2. The Balaban J connectivity index is 7.65.